The summed E-state index contributed by atoms with van der Waals surface area (Å²) in [6.45, 7) is 5.99. The first-order valence-electron chi connectivity index (χ1n) is 6.83. The summed E-state index contributed by atoms with van der Waals surface area (Å²) in [5.41, 5.74) is 2.36. The minimum Gasteiger partial charge on any atom is -0.376 e. The van der Waals surface area contributed by atoms with Gasteiger partial charge in [-0.05, 0) is 49.9 Å². The summed E-state index contributed by atoms with van der Waals surface area (Å²) in [5.74, 6) is 0. The second-order valence-electron chi connectivity index (χ2n) is 4.95. The molecule has 1 fully saturated rings. The highest BCUT2D eigenvalue weighted by molar-refractivity contribution is 6.31. The monoisotopic (exact) mass is 267 g/mol. The average Bonchev–Trinajstić information content (AvgIpc) is 2.40. The van der Waals surface area contributed by atoms with E-state index in [2.05, 4.69) is 30.4 Å². The number of hydrogen-bond donors (Lipinski definition) is 1. The van der Waals surface area contributed by atoms with E-state index < -0.39 is 0 Å². The molecule has 1 heterocycles. The molecule has 0 aromatic heterocycles. The Labute approximate surface area is 115 Å². The van der Waals surface area contributed by atoms with Crippen LogP contribution in [-0.4, -0.2) is 19.3 Å². The fraction of sp³-hybridized carbons (Fsp3) is 0.600. The molecule has 1 aliphatic heterocycles. The predicted octanol–water partition coefficient (Wildman–Crippen LogP) is 3.87. The van der Waals surface area contributed by atoms with E-state index in [1.165, 1.54) is 18.4 Å². The Morgan fingerprint density at radius 3 is 2.89 bits per heavy atom. The number of likely N-dealkylation sites (N-methyl/N-ethyl adjacent to an activating group) is 1. The molecule has 1 saturated heterocycles. The standard InChI is InChI=1S/C15H22ClNO/c1-3-17-15(14-6-4-5-9-18-14)12-8-7-11(2)13(16)10-12/h7-8,10,14-15,17H,3-6,9H2,1-2H3. The number of halogens is 1. The van der Waals surface area contributed by atoms with Gasteiger partial charge in [0.05, 0.1) is 12.1 Å². The Kier molecular flexibility index (Phi) is 5.04. The van der Waals surface area contributed by atoms with Gasteiger partial charge in [0.2, 0.25) is 0 Å². The summed E-state index contributed by atoms with van der Waals surface area (Å²) in [5, 5.41) is 4.37. The fourth-order valence-electron chi connectivity index (χ4n) is 2.51. The van der Waals surface area contributed by atoms with Crippen molar-refractivity contribution >= 4 is 11.6 Å². The molecular formula is C15H22ClNO. The Balaban J connectivity index is 2.19. The quantitative estimate of drug-likeness (QED) is 0.894. The van der Waals surface area contributed by atoms with Crippen LogP contribution in [0.4, 0.5) is 0 Å². The van der Waals surface area contributed by atoms with E-state index in [0.29, 0.717) is 0 Å². The van der Waals surface area contributed by atoms with Gasteiger partial charge in [0, 0.05) is 11.6 Å². The fourth-order valence-corrected chi connectivity index (χ4v) is 2.70. The van der Waals surface area contributed by atoms with Gasteiger partial charge >= 0.3 is 0 Å². The van der Waals surface area contributed by atoms with Crippen molar-refractivity contribution in [1.29, 1.82) is 0 Å². The summed E-state index contributed by atoms with van der Waals surface area (Å²) in [6.07, 6.45) is 3.84. The van der Waals surface area contributed by atoms with Crippen LogP contribution in [0.1, 0.15) is 43.4 Å². The molecule has 1 N–H and O–H groups in total. The molecule has 0 bridgehead atoms. The maximum Gasteiger partial charge on any atom is 0.0769 e. The zero-order valence-electron chi connectivity index (χ0n) is 11.2. The Bertz CT molecular complexity index is 388. The maximum absolute atomic E-state index is 6.23. The van der Waals surface area contributed by atoms with E-state index in [1.54, 1.807) is 0 Å². The van der Waals surface area contributed by atoms with Crippen molar-refractivity contribution in [3.05, 3.63) is 34.3 Å². The lowest BCUT2D eigenvalue weighted by Gasteiger charge is -2.31. The topological polar surface area (TPSA) is 21.3 Å². The van der Waals surface area contributed by atoms with Crippen LogP contribution in [0.5, 0.6) is 0 Å². The number of hydrogen-bond acceptors (Lipinski definition) is 2. The highest BCUT2D eigenvalue weighted by Crippen LogP contribution is 2.29. The van der Waals surface area contributed by atoms with Crippen molar-refractivity contribution < 1.29 is 4.74 Å². The first kappa shape index (κ1) is 13.9. The molecule has 2 rings (SSSR count). The van der Waals surface area contributed by atoms with Crippen LogP contribution in [-0.2, 0) is 4.74 Å². The Morgan fingerprint density at radius 1 is 1.44 bits per heavy atom. The molecule has 2 nitrogen and oxygen atoms in total. The zero-order valence-corrected chi connectivity index (χ0v) is 12.0. The number of benzene rings is 1. The lowest BCUT2D eigenvalue weighted by Crippen LogP contribution is -2.36. The van der Waals surface area contributed by atoms with Crippen molar-refractivity contribution in [2.75, 3.05) is 13.2 Å². The number of nitrogens with one attached hydrogen (secondary N) is 1. The molecule has 18 heavy (non-hydrogen) atoms. The van der Waals surface area contributed by atoms with Crippen LogP contribution in [0.25, 0.3) is 0 Å². The van der Waals surface area contributed by atoms with Gasteiger partial charge in [0.25, 0.3) is 0 Å². The largest absolute Gasteiger partial charge is 0.376 e. The third-order valence-corrected chi connectivity index (χ3v) is 3.97. The first-order valence-corrected chi connectivity index (χ1v) is 7.21. The lowest BCUT2D eigenvalue weighted by atomic mass is 9.95. The molecule has 2 unspecified atom stereocenters. The first-order chi connectivity index (χ1) is 8.72. The number of aryl methyl sites for hydroxylation is 1. The molecule has 3 heteroatoms. The normalized spacial score (nSPS) is 21.8. The second kappa shape index (κ2) is 6.55. The molecule has 100 valence electrons. The van der Waals surface area contributed by atoms with E-state index in [1.807, 2.05) is 6.92 Å². The van der Waals surface area contributed by atoms with Gasteiger partial charge in [0.1, 0.15) is 0 Å². The maximum atomic E-state index is 6.23. The SMILES string of the molecule is CCNC(c1ccc(C)c(Cl)c1)C1CCCCO1. The summed E-state index contributed by atoms with van der Waals surface area (Å²) < 4.78 is 5.91. The molecule has 0 saturated carbocycles. The van der Waals surface area contributed by atoms with Crippen molar-refractivity contribution in [3.63, 3.8) is 0 Å². The highest BCUT2D eigenvalue weighted by Gasteiger charge is 2.25. The molecule has 0 spiro atoms. The van der Waals surface area contributed by atoms with Gasteiger partial charge in [-0.3, -0.25) is 0 Å². The van der Waals surface area contributed by atoms with E-state index in [9.17, 15) is 0 Å². The molecular weight excluding hydrogens is 246 g/mol. The van der Waals surface area contributed by atoms with Crippen LogP contribution in [0.3, 0.4) is 0 Å². The van der Waals surface area contributed by atoms with Crippen LogP contribution in [0.15, 0.2) is 18.2 Å². The third-order valence-electron chi connectivity index (χ3n) is 3.57. The molecule has 1 aliphatic rings. The van der Waals surface area contributed by atoms with E-state index in [4.69, 9.17) is 16.3 Å². The number of rotatable bonds is 4. The summed E-state index contributed by atoms with van der Waals surface area (Å²) >= 11 is 6.23. The van der Waals surface area contributed by atoms with Crippen LogP contribution in [0, 0.1) is 6.92 Å². The van der Waals surface area contributed by atoms with Crippen molar-refractivity contribution in [1.82, 2.24) is 5.32 Å². The smallest absolute Gasteiger partial charge is 0.0769 e. The Hall–Kier alpha value is -0.570. The minimum atomic E-state index is 0.258. The van der Waals surface area contributed by atoms with Gasteiger partial charge < -0.3 is 10.1 Å². The second-order valence-corrected chi connectivity index (χ2v) is 5.36. The lowest BCUT2D eigenvalue weighted by molar-refractivity contribution is -0.00786. The Morgan fingerprint density at radius 2 is 2.28 bits per heavy atom. The zero-order chi connectivity index (χ0) is 13.0. The molecule has 2 atom stereocenters. The summed E-state index contributed by atoms with van der Waals surface area (Å²) in [6, 6.07) is 6.58. The van der Waals surface area contributed by atoms with Crippen LogP contribution in [0.2, 0.25) is 5.02 Å². The summed E-state index contributed by atoms with van der Waals surface area (Å²) in [4.78, 5) is 0. The summed E-state index contributed by atoms with van der Waals surface area (Å²) in [7, 11) is 0. The average molecular weight is 268 g/mol. The van der Waals surface area contributed by atoms with Gasteiger partial charge in [-0.2, -0.15) is 0 Å². The highest BCUT2D eigenvalue weighted by atomic mass is 35.5. The van der Waals surface area contributed by atoms with Gasteiger partial charge in [-0.1, -0.05) is 30.7 Å². The van der Waals surface area contributed by atoms with E-state index >= 15 is 0 Å². The van der Waals surface area contributed by atoms with E-state index in [0.717, 1.165) is 30.2 Å². The molecule has 1 aromatic carbocycles. The van der Waals surface area contributed by atoms with Crippen LogP contribution >= 0.6 is 11.6 Å². The van der Waals surface area contributed by atoms with Gasteiger partial charge in [0.15, 0.2) is 0 Å². The van der Waals surface area contributed by atoms with Gasteiger partial charge in [-0.25, -0.2) is 0 Å². The molecule has 1 aromatic rings. The van der Waals surface area contributed by atoms with Crippen molar-refractivity contribution in [2.45, 2.75) is 45.3 Å². The molecule has 0 radical (unpaired) electrons. The third kappa shape index (κ3) is 3.25. The van der Waals surface area contributed by atoms with Crippen LogP contribution < -0.4 is 5.32 Å². The van der Waals surface area contributed by atoms with Crippen molar-refractivity contribution in [3.8, 4) is 0 Å². The number of ether oxygens (including phenoxy) is 1. The molecule has 0 amide bonds. The predicted molar refractivity (Wildman–Crippen MR) is 76.2 cm³/mol. The van der Waals surface area contributed by atoms with E-state index in [-0.39, 0.29) is 12.1 Å². The van der Waals surface area contributed by atoms with Gasteiger partial charge in [-0.15, -0.1) is 0 Å². The van der Waals surface area contributed by atoms with Crippen molar-refractivity contribution in [2.24, 2.45) is 0 Å². The minimum absolute atomic E-state index is 0.258. The molecule has 0 aliphatic carbocycles.